The minimum absolute atomic E-state index is 0.0117. The summed E-state index contributed by atoms with van der Waals surface area (Å²) in [4.78, 5) is 2.62. The fourth-order valence-electron chi connectivity index (χ4n) is 1.09. The molecule has 1 aromatic heterocycles. The Hall–Kier alpha value is -0.850. The lowest BCUT2D eigenvalue weighted by molar-refractivity contribution is 0.591. The first-order valence-electron chi connectivity index (χ1n) is 4.44. The normalized spacial score (nSPS) is 12.4. The van der Waals surface area contributed by atoms with Crippen LogP contribution in [0.1, 0.15) is 23.1 Å². The first kappa shape index (κ1) is 10.2. The Bertz CT molecular complexity index is 298. The lowest BCUT2D eigenvalue weighted by Crippen LogP contribution is -2.25. The van der Waals surface area contributed by atoms with Gasteiger partial charge >= 0.3 is 0 Å². The van der Waals surface area contributed by atoms with Crippen LogP contribution in [0, 0.1) is 18.3 Å². The SMILES string of the molecule is CCC(C#N)NCc1ccc(C)s1. The van der Waals surface area contributed by atoms with Crippen molar-refractivity contribution in [2.75, 3.05) is 0 Å². The Morgan fingerprint density at radius 1 is 1.62 bits per heavy atom. The molecule has 0 bridgehead atoms. The molecule has 1 heterocycles. The van der Waals surface area contributed by atoms with E-state index >= 15 is 0 Å². The average molecular weight is 194 g/mol. The zero-order chi connectivity index (χ0) is 9.68. The van der Waals surface area contributed by atoms with E-state index in [1.807, 2.05) is 6.92 Å². The van der Waals surface area contributed by atoms with Gasteiger partial charge in [-0.25, -0.2) is 0 Å². The van der Waals surface area contributed by atoms with Crippen LogP contribution in [-0.2, 0) is 6.54 Å². The standard InChI is InChI=1S/C10H14N2S/c1-3-9(6-11)12-7-10-5-4-8(2)13-10/h4-5,9,12H,3,7H2,1-2H3. The second-order valence-electron chi connectivity index (χ2n) is 2.98. The number of thiophene rings is 1. The quantitative estimate of drug-likeness (QED) is 0.799. The number of aryl methyl sites for hydroxylation is 1. The predicted molar refractivity (Wildman–Crippen MR) is 55.6 cm³/mol. The number of nitriles is 1. The number of nitrogens with one attached hydrogen (secondary N) is 1. The van der Waals surface area contributed by atoms with E-state index in [1.165, 1.54) is 9.75 Å². The number of hydrogen-bond acceptors (Lipinski definition) is 3. The van der Waals surface area contributed by atoms with E-state index in [-0.39, 0.29) is 6.04 Å². The summed E-state index contributed by atoms with van der Waals surface area (Å²) in [6.45, 7) is 4.92. The summed E-state index contributed by atoms with van der Waals surface area (Å²) in [7, 11) is 0. The molecule has 0 saturated heterocycles. The molecule has 0 fully saturated rings. The highest BCUT2D eigenvalue weighted by Crippen LogP contribution is 2.14. The molecule has 70 valence electrons. The van der Waals surface area contributed by atoms with E-state index < -0.39 is 0 Å². The monoisotopic (exact) mass is 194 g/mol. The van der Waals surface area contributed by atoms with Gasteiger partial charge in [-0.05, 0) is 25.5 Å². The highest BCUT2D eigenvalue weighted by Gasteiger charge is 2.03. The zero-order valence-electron chi connectivity index (χ0n) is 8.00. The van der Waals surface area contributed by atoms with Crippen molar-refractivity contribution in [3.8, 4) is 6.07 Å². The van der Waals surface area contributed by atoms with Crippen molar-refractivity contribution in [2.45, 2.75) is 32.9 Å². The largest absolute Gasteiger partial charge is 0.297 e. The van der Waals surface area contributed by atoms with Crippen LogP contribution in [0.3, 0.4) is 0 Å². The third-order valence-electron chi connectivity index (χ3n) is 1.88. The maximum absolute atomic E-state index is 8.70. The van der Waals surface area contributed by atoms with Gasteiger partial charge < -0.3 is 0 Å². The summed E-state index contributed by atoms with van der Waals surface area (Å²) in [5, 5.41) is 11.9. The molecule has 1 aromatic rings. The van der Waals surface area contributed by atoms with Gasteiger partial charge in [0.05, 0.1) is 12.1 Å². The van der Waals surface area contributed by atoms with Crippen LogP contribution in [0.2, 0.25) is 0 Å². The van der Waals surface area contributed by atoms with E-state index in [4.69, 9.17) is 5.26 Å². The van der Waals surface area contributed by atoms with Crippen molar-refractivity contribution in [2.24, 2.45) is 0 Å². The van der Waals surface area contributed by atoms with Crippen LogP contribution in [0.15, 0.2) is 12.1 Å². The topological polar surface area (TPSA) is 35.8 Å². The van der Waals surface area contributed by atoms with Crippen LogP contribution < -0.4 is 5.32 Å². The molecule has 1 unspecified atom stereocenters. The van der Waals surface area contributed by atoms with Crippen LogP contribution in [-0.4, -0.2) is 6.04 Å². The molecule has 13 heavy (non-hydrogen) atoms. The molecule has 1 rings (SSSR count). The first-order valence-corrected chi connectivity index (χ1v) is 5.26. The van der Waals surface area contributed by atoms with Crippen molar-refractivity contribution in [1.82, 2.24) is 5.32 Å². The highest BCUT2D eigenvalue weighted by molar-refractivity contribution is 7.11. The molecule has 0 saturated carbocycles. The van der Waals surface area contributed by atoms with E-state index in [9.17, 15) is 0 Å². The van der Waals surface area contributed by atoms with Crippen molar-refractivity contribution in [3.63, 3.8) is 0 Å². The second kappa shape index (κ2) is 5.00. The van der Waals surface area contributed by atoms with Crippen molar-refractivity contribution in [1.29, 1.82) is 5.26 Å². The van der Waals surface area contributed by atoms with Gasteiger partial charge in [0, 0.05) is 16.3 Å². The Balaban J connectivity index is 2.39. The number of hydrogen-bond donors (Lipinski definition) is 1. The average Bonchev–Trinajstić information content (AvgIpc) is 2.53. The van der Waals surface area contributed by atoms with Gasteiger partial charge in [-0.3, -0.25) is 5.32 Å². The molecule has 0 aliphatic rings. The predicted octanol–water partition coefficient (Wildman–Crippen LogP) is 2.45. The van der Waals surface area contributed by atoms with Crippen LogP contribution >= 0.6 is 11.3 Å². The fraction of sp³-hybridized carbons (Fsp3) is 0.500. The van der Waals surface area contributed by atoms with Gasteiger partial charge in [0.15, 0.2) is 0 Å². The minimum atomic E-state index is -0.0117. The van der Waals surface area contributed by atoms with Gasteiger partial charge in [0.1, 0.15) is 0 Å². The molecule has 3 heteroatoms. The summed E-state index contributed by atoms with van der Waals surface area (Å²) in [6.07, 6.45) is 0.862. The highest BCUT2D eigenvalue weighted by atomic mass is 32.1. The molecular weight excluding hydrogens is 180 g/mol. The Morgan fingerprint density at radius 2 is 2.38 bits per heavy atom. The first-order chi connectivity index (χ1) is 6.26. The number of nitrogens with zero attached hydrogens (tertiary/aromatic N) is 1. The smallest absolute Gasteiger partial charge is 0.0953 e. The van der Waals surface area contributed by atoms with Crippen LogP contribution in [0.4, 0.5) is 0 Å². The summed E-state index contributed by atoms with van der Waals surface area (Å²) < 4.78 is 0. The second-order valence-corrected chi connectivity index (χ2v) is 4.36. The molecule has 0 amide bonds. The van der Waals surface area contributed by atoms with E-state index in [1.54, 1.807) is 11.3 Å². The van der Waals surface area contributed by atoms with Gasteiger partial charge in [-0.2, -0.15) is 5.26 Å². The fourth-order valence-corrected chi connectivity index (χ4v) is 1.93. The molecule has 0 aromatic carbocycles. The molecule has 2 nitrogen and oxygen atoms in total. The Kier molecular flexibility index (Phi) is 3.94. The molecular formula is C10H14N2S. The number of rotatable bonds is 4. The third kappa shape index (κ3) is 3.17. The molecule has 0 radical (unpaired) electrons. The van der Waals surface area contributed by atoms with E-state index in [0.717, 1.165) is 13.0 Å². The molecule has 1 atom stereocenters. The van der Waals surface area contributed by atoms with E-state index in [2.05, 4.69) is 30.4 Å². The van der Waals surface area contributed by atoms with Gasteiger partial charge in [-0.1, -0.05) is 6.92 Å². The van der Waals surface area contributed by atoms with Crippen LogP contribution in [0.25, 0.3) is 0 Å². The Morgan fingerprint density at radius 3 is 2.85 bits per heavy atom. The summed E-state index contributed by atoms with van der Waals surface area (Å²) in [5.41, 5.74) is 0. The third-order valence-corrected chi connectivity index (χ3v) is 2.88. The molecule has 1 N–H and O–H groups in total. The maximum Gasteiger partial charge on any atom is 0.0953 e. The summed E-state index contributed by atoms with van der Waals surface area (Å²) in [5.74, 6) is 0. The minimum Gasteiger partial charge on any atom is -0.297 e. The van der Waals surface area contributed by atoms with Crippen molar-refractivity contribution < 1.29 is 0 Å². The molecule has 0 aliphatic carbocycles. The van der Waals surface area contributed by atoms with Gasteiger partial charge in [0.25, 0.3) is 0 Å². The lowest BCUT2D eigenvalue weighted by atomic mass is 10.2. The maximum atomic E-state index is 8.70. The summed E-state index contributed by atoms with van der Waals surface area (Å²) >= 11 is 1.78. The zero-order valence-corrected chi connectivity index (χ0v) is 8.82. The lowest BCUT2D eigenvalue weighted by Gasteiger charge is -2.06. The van der Waals surface area contributed by atoms with Gasteiger partial charge in [0.2, 0.25) is 0 Å². The van der Waals surface area contributed by atoms with Crippen molar-refractivity contribution in [3.05, 3.63) is 21.9 Å². The molecule has 0 spiro atoms. The summed E-state index contributed by atoms with van der Waals surface area (Å²) in [6, 6.07) is 6.43. The van der Waals surface area contributed by atoms with E-state index in [0.29, 0.717) is 0 Å². The Labute approximate surface area is 83.2 Å². The van der Waals surface area contributed by atoms with Crippen LogP contribution in [0.5, 0.6) is 0 Å². The molecule has 0 aliphatic heterocycles. The van der Waals surface area contributed by atoms with Gasteiger partial charge in [-0.15, -0.1) is 11.3 Å². The van der Waals surface area contributed by atoms with Crippen molar-refractivity contribution >= 4 is 11.3 Å².